The van der Waals surface area contributed by atoms with E-state index in [0.29, 0.717) is 12.6 Å². The Morgan fingerprint density at radius 3 is 2.20 bits per heavy atom. The smallest absolute Gasteiger partial charge is 0.317 e. The number of piperidine rings is 1. The van der Waals surface area contributed by atoms with Crippen molar-refractivity contribution in [3.05, 3.63) is 71.8 Å². The number of carbonyl (C=O) groups is 1. The number of likely N-dealkylation sites (tertiary alicyclic amines) is 1. The van der Waals surface area contributed by atoms with Crippen molar-refractivity contribution in [2.45, 2.75) is 37.6 Å². The molecule has 0 saturated carbocycles. The molecular weight excluding hydrogens is 310 g/mol. The van der Waals surface area contributed by atoms with Crippen LogP contribution < -0.4 is 0 Å². The number of hydrogen-bond acceptors (Lipinski definition) is 3. The quantitative estimate of drug-likeness (QED) is 0.739. The Morgan fingerprint density at radius 2 is 1.64 bits per heavy atom. The maximum absolute atomic E-state index is 12.8. The van der Waals surface area contributed by atoms with Gasteiger partial charge in [-0.3, -0.25) is 4.79 Å². The molecule has 0 aliphatic carbocycles. The zero-order valence-corrected chi connectivity index (χ0v) is 14.9. The molecule has 1 aliphatic heterocycles. The molecule has 0 radical (unpaired) electrons. The number of carbonyl (C=O) groups excluding carboxylic acids is 1. The summed E-state index contributed by atoms with van der Waals surface area (Å²) in [4.78, 5) is 15.2. The minimum absolute atomic E-state index is 0.157. The highest BCUT2D eigenvalue weighted by atomic mass is 16.5. The van der Waals surface area contributed by atoms with Gasteiger partial charge in [-0.1, -0.05) is 67.1 Å². The molecule has 1 unspecified atom stereocenters. The first-order valence-corrected chi connectivity index (χ1v) is 9.22. The lowest BCUT2D eigenvalue weighted by Gasteiger charge is -2.32. The molecule has 2 aromatic rings. The number of rotatable bonds is 6. The van der Waals surface area contributed by atoms with Crippen LogP contribution in [0.3, 0.4) is 0 Å². The van der Waals surface area contributed by atoms with Gasteiger partial charge in [0, 0.05) is 6.04 Å². The van der Waals surface area contributed by atoms with Gasteiger partial charge in [-0.2, -0.15) is 0 Å². The lowest BCUT2D eigenvalue weighted by atomic mass is 9.91. The average Bonchev–Trinajstić information content (AvgIpc) is 2.65. The minimum atomic E-state index is -0.355. The summed E-state index contributed by atoms with van der Waals surface area (Å²) < 4.78 is 5.70. The van der Waals surface area contributed by atoms with Crippen LogP contribution in [0.2, 0.25) is 0 Å². The van der Waals surface area contributed by atoms with Crippen LogP contribution in [0.4, 0.5) is 0 Å². The SMILES string of the molecule is CN1CCCCC1CCOC(=O)C(c1ccccc1)c1ccccc1. The summed E-state index contributed by atoms with van der Waals surface area (Å²) in [7, 11) is 2.17. The van der Waals surface area contributed by atoms with Crippen molar-refractivity contribution in [1.29, 1.82) is 0 Å². The fourth-order valence-corrected chi connectivity index (χ4v) is 3.64. The van der Waals surface area contributed by atoms with Crippen molar-refractivity contribution in [3.8, 4) is 0 Å². The molecule has 0 aromatic heterocycles. The Morgan fingerprint density at radius 1 is 1.04 bits per heavy atom. The molecule has 3 nitrogen and oxygen atoms in total. The molecule has 1 aliphatic rings. The Hall–Kier alpha value is -2.13. The van der Waals surface area contributed by atoms with Crippen molar-refractivity contribution in [2.24, 2.45) is 0 Å². The monoisotopic (exact) mass is 337 g/mol. The van der Waals surface area contributed by atoms with E-state index in [0.717, 1.165) is 24.1 Å². The number of ether oxygens (including phenoxy) is 1. The van der Waals surface area contributed by atoms with Gasteiger partial charge in [0.1, 0.15) is 5.92 Å². The van der Waals surface area contributed by atoms with Gasteiger partial charge in [0.2, 0.25) is 0 Å². The maximum atomic E-state index is 12.8. The number of nitrogens with zero attached hydrogens (tertiary/aromatic N) is 1. The second kappa shape index (κ2) is 8.82. The van der Waals surface area contributed by atoms with Gasteiger partial charge in [-0.05, 0) is 44.0 Å². The fourth-order valence-electron chi connectivity index (χ4n) is 3.64. The first-order chi connectivity index (χ1) is 12.3. The van der Waals surface area contributed by atoms with Crippen molar-refractivity contribution in [2.75, 3.05) is 20.2 Å². The molecule has 0 amide bonds. The topological polar surface area (TPSA) is 29.5 Å². The van der Waals surface area contributed by atoms with Crippen LogP contribution in [0, 0.1) is 0 Å². The normalized spacial score (nSPS) is 18.2. The predicted octanol–water partition coefficient (Wildman–Crippen LogP) is 4.24. The van der Waals surface area contributed by atoms with Crippen LogP contribution in [0.25, 0.3) is 0 Å². The van der Waals surface area contributed by atoms with Gasteiger partial charge < -0.3 is 9.64 Å². The van der Waals surface area contributed by atoms with Gasteiger partial charge >= 0.3 is 5.97 Å². The van der Waals surface area contributed by atoms with Crippen molar-refractivity contribution in [3.63, 3.8) is 0 Å². The number of esters is 1. The number of benzene rings is 2. The third-order valence-corrected chi connectivity index (χ3v) is 5.12. The summed E-state index contributed by atoms with van der Waals surface area (Å²) in [6.45, 7) is 1.64. The van der Waals surface area contributed by atoms with Crippen LogP contribution >= 0.6 is 0 Å². The van der Waals surface area contributed by atoms with Gasteiger partial charge in [-0.15, -0.1) is 0 Å². The molecule has 1 heterocycles. The molecule has 2 aromatic carbocycles. The van der Waals surface area contributed by atoms with E-state index in [1.54, 1.807) is 0 Å². The molecule has 0 N–H and O–H groups in total. The van der Waals surface area contributed by atoms with Crippen molar-refractivity contribution in [1.82, 2.24) is 4.90 Å². The number of hydrogen-bond donors (Lipinski definition) is 0. The summed E-state index contributed by atoms with van der Waals surface area (Å²) in [6, 6.07) is 20.3. The third kappa shape index (κ3) is 4.70. The summed E-state index contributed by atoms with van der Waals surface area (Å²) in [5, 5.41) is 0. The van der Waals surface area contributed by atoms with Gasteiger partial charge in [0.05, 0.1) is 6.61 Å². The summed E-state index contributed by atoms with van der Waals surface area (Å²) >= 11 is 0. The molecule has 3 heteroatoms. The minimum Gasteiger partial charge on any atom is -0.465 e. The lowest BCUT2D eigenvalue weighted by molar-refractivity contribution is -0.144. The highest BCUT2D eigenvalue weighted by molar-refractivity contribution is 5.82. The molecule has 0 spiro atoms. The van der Waals surface area contributed by atoms with E-state index in [9.17, 15) is 4.79 Å². The fraction of sp³-hybridized carbons (Fsp3) is 0.409. The first-order valence-electron chi connectivity index (χ1n) is 9.22. The average molecular weight is 337 g/mol. The standard InChI is InChI=1S/C22H27NO2/c1-23-16-9-8-14-20(23)15-17-25-22(24)21(18-10-4-2-5-11-18)19-12-6-3-7-13-19/h2-7,10-13,20-21H,8-9,14-17H2,1H3. The van der Waals surface area contributed by atoms with E-state index in [1.807, 2.05) is 60.7 Å². The van der Waals surface area contributed by atoms with E-state index in [-0.39, 0.29) is 11.9 Å². The lowest BCUT2D eigenvalue weighted by Crippen LogP contribution is -2.37. The highest BCUT2D eigenvalue weighted by Gasteiger charge is 2.25. The zero-order valence-electron chi connectivity index (χ0n) is 14.9. The highest BCUT2D eigenvalue weighted by Crippen LogP contribution is 2.26. The maximum Gasteiger partial charge on any atom is 0.317 e. The van der Waals surface area contributed by atoms with Gasteiger partial charge in [0.15, 0.2) is 0 Å². The van der Waals surface area contributed by atoms with Crippen LogP contribution in [-0.2, 0) is 9.53 Å². The zero-order chi connectivity index (χ0) is 17.5. The van der Waals surface area contributed by atoms with E-state index in [1.165, 1.54) is 19.3 Å². The van der Waals surface area contributed by atoms with Crippen molar-refractivity contribution < 1.29 is 9.53 Å². The largest absolute Gasteiger partial charge is 0.465 e. The van der Waals surface area contributed by atoms with Gasteiger partial charge in [0.25, 0.3) is 0 Å². The molecule has 1 fully saturated rings. The molecule has 1 atom stereocenters. The second-order valence-electron chi connectivity index (χ2n) is 6.84. The van der Waals surface area contributed by atoms with Crippen molar-refractivity contribution >= 4 is 5.97 Å². The van der Waals surface area contributed by atoms with Crippen LogP contribution in [-0.4, -0.2) is 37.1 Å². The summed E-state index contributed by atoms with van der Waals surface area (Å²) in [6.07, 6.45) is 4.67. The Kier molecular flexibility index (Phi) is 6.24. The molecule has 1 saturated heterocycles. The third-order valence-electron chi connectivity index (χ3n) is 5.12. The first kappa shape index (κ1) is 17.7. The molecular formula is C22H27NO2. The molecule has 0 bridgehead atoms. The Labute approximate surface area is 150 Å². The van der Waals surface area contributed by atoms with E-state index in [4.69, 9.17) is 4.74 Å². The van der Waals surface area contributed by atoms with Gasteiger partial charge in [-0.25, -0.2) is 0 Å². The van der Waals surface area contributed by atoms with Crippen LogP contribution in [0.5, 0.6) is 0 Å². The predicted molar refractivity (Wildman–Crippen MR) is 101 cm³/mol. The van der Waals surface area contributed by atoms with Crippen LogP contribution in [0.15, 0.2) is 60.7 Å². The van der Waals surface area contributed by atoms with E-state index >= 15 is 0 Å². The Bertz CT molecular complexity index is 617. The van der Waals surface area contributed by atoms with E-state index in [2.05, 4.69) is 11.9 Å². The molecule has 3 rings (SSSR count). The molecule has 25 heavy (non-hydrogen) atoms. The second-order valence-corrected chi connectivity index (χ2v) is 6.84. The summed E-state index contributed by atoms with van der Waals surface area (Å²) in [5.74, 6) is -0.512. The Balaban J connectivity index is 1.65. The molecule has 132 valence electrons. The summed E-state index contributed by atoms with van der Waals surface area (Å²) in [5.41, 5.74) is 1.96. The van der Waals surface area contributed by atoms with E-state index < -0.39 is 0 Å². The van der Waals surface area contributed by atoms with Crippen LogP contribution in [0.1, 0.15) is 42.7 Å².